The summed E-state index contributed by atoms with van der Waals surface area (Å²) in [6.45, 7) is 0. The highest BCUT2D eigenvalue weighted by Crippen LogP contribution is 2.24. The first-order valence-corrected chi connectivity index (χ1v) is 7.75. The molecule has 1 heterocycles. The Labute approximate surface area is 153 Å². The summed E-state index contributed by atoms with van der Waals surface area (Å²) in [5.41, 5.74) is 3.60. The van der Waals surface area contributed by atoms with Gasteiger partial charge in [0.1, 0.15) is 11.5 Å². The summed E-state index contributed by atoms with van der Waals surface area (Å²) in [5.74, 6) is 0.389. The van der Waals surface area contributed by atoms with E-state index in [2.05, 4.69) is 16.6 Å². The Morgan fingerprint density at radius 1 is 1.15 bits per heavy atom. The summed E-state index contributed by atoms with van der Waals surface area (Å²) >= 11 is 0. The van der Waals surface area contributed by atoms with Crippen molar-refractivity contribution in [1.29, 1.82) is 5.26 Å². The maximum Gasteiger partial charge on any atom is 0.271 e. The van der Waals surface area contributed by atoms with E-state index in [1.807, 2.05) is 0 Å². The summed E-state index contributed by atoms with van der Waals surface area (Å²) in [4.78, 5) is 22.0. The number of nitro groups is 1. The fourth-order valence-electron chi connectivity index (χ4n) is 2.32. The predicted octanol–water partition coefficient (Wildman–Crippen LogP) is 3.49. The fraction of sp³-hybridized carbons (Fsp3) is 0. The molecule has 132 valence electrons. The van der Waals surface area contributed by atoms with Gasteiger partial charge in [0, 0.05) is 23.3 Å². The number of nitro benzene ring substituents is 1. The van der Waals surface area contributed by atoms with E-state index in [1.54, 1.807) is 36.4 Å². The van der Waals surface area contributed by atoms with Gasteiger partial charge in [-0.05, 0) is 36.4 Å². The molecule has 0 spiro atoms. The van der Waals surface area contributed by atoms with Crippen LogP contribution in [0.25, 0.3) is 11.3 Å². The van der Waals surface area contributed by atoms with E-state index in [4.69, 9.17) is 9.68 Å². The summed E-state index contributed by atoms with van der Waals surface area (Å²) in [7, 11) is 0. The Morgan fingerprint density at radius 2 is 1.89 bits per heavy atom. The molecule has 0 fully saturated rings. The van der Waals surface area contributed by atoms with Gasteiger partial charge in [-0.1, -0.05) is 12.1 Å². The molecule has 1 aromatic heterocycles. The first-order chi connectivity index (χ1) is 13.1. The average Bonchev–Trinajstić information content (AvgIpc) is 3.16. The molecule has 3 aromatic rings. The van der Waals surface area contributed by atoms with E-state index >= 15 is 0 Å². The number of non-ortho nitro benzene ring substituents is 1. The number of hydrogen-bond acceptors (Lipinski definition) is 6. The second-order valence-electron chi connectivity index (χ2n) is 5.36. The molecular weight excluding hydrogens is 348 g/mol. The Morgan fingerprint density at radius 3 is 2.59 bits per heavy atom. The van der Waals surface area contributed by atoms with Crippen molar-refractivity contribution in [3.8, 4) is 17.4 Å². The standard InChI is InChI=1S/C19H12N4O4/c20-11-14-3-1-2-4-17(14)18-10-9-16(27-18)12-21-22-19(24)13-5-7-15(8-6-13)23(25)26/h1-10,12H,(H,22,24)/b21-12-. The number of nitriles is 1. The molecule has 0 saturated heterocycles. The van der Waals surface area contributed by atoms with Gasteiger partial charge in [-0.3, -0.25) is 14.9 Å². The lowest BCUT2D eigenvalue weighted by Gasteiger charge is -1.99. The second kappa shape index (κ2) is 7.76. The van der Waals surface area contributed by atoms with Gasteiger partial charge in [0.05, 0.1) is 22.8 Å². The van der Waals surface area contributed by atoms with E-state index in [1.165, 1.54) is 30.5 Å². The summed E-state index contributed by atoms with van der Waals surface area (Å²) in [6, 6.07) is 17.7. The number of benzene rings is 2. The van der Waals surface area contributed by atoms with Gasteiger partial charge in [-0.25, -0.2) is 5.43 Å². The van der Waals surface area contributed by atoms with Crippen LogP contribution in [-0.4, -0.2) is 17.0 Å². The van der Waals surface area contributed by atoms with E-state index in [0.29, 0.717) is 22.6 Å². The molecule has 0 aliphatic carbocycles. The normalized spacial score (nSPS) is 10.5. The highest BCUT2D eigenvalue weighted by molar-refractivity contribution is 5.94. The molecule has 3 rings (SSSR count). The second-order valence-corrected chi connectivity index (χ2v) is 5.36. The molecule has 0 radical (unpaired) electrons. The number of carbonyl (C=O) groups is 1. The van der Waals surface area contributed by atoms with Crippen LogP contribution in [-0.2, 0) is 0 Å². The van der Waals surface area contributed by atoms with Crippen molar-refractivity contribution < 1.29 is 14.1 Å². The molecule has 27 heavy (non-hydrogen) atoms. The summed E-state index contributed by atoms with van der Waals surface area (Å²) in [5, 5.41) is 23.6. The number of furan rings is 1. The molecule has 8 nitrogen and oxygen atoms in total. The maximum atomic E-state index is 12.0. The third-order valence-electron chi connectivity index (χ3n) is 3.64. The van der Waals surface area contributed by atoms with Gasteiger partial charge in [0.25, 0.3) is 11.6 Å². The van der Waals surface area contributed by atoms with Crippen LogP contribution in [0.4, 0.5) is 5.69 Å². The van der Waals surface area contributed by atoms with Crippen molar-refractivity contribution in [3.63, 3.8) is 0 Å². The van der Waals surface area contributed by atoms with Crippen LogP contribution in [0.15, 0.2) is 70.2 Å². The lowest BCUT2D eigenvalue weighted by molar-refractivity contribution is -0.384. The third kappa shape index (κ3) is 4.05. The minimum atomic E-state index is -0.543. The largest absolute Gasteiger partial charge is 0.455 e. The number of hydrogen-bond donors (Lipinski definition) is 1. The quantitative estimate of drug-likeness (QED) is 0.424. The van der Waals surface area contributed by atoms with Gasteiger partial charge < -0.3 is 4.42 Å². The zero-order valence-corrected chi connectivity index (χ0v) is 13.8. The lowest BCUT2D eigenvalue weighted by atomic mass is 10.1. The van der Waals surface area contributed by atoms with Crippen LogP contribution in [0.1, 0.15) is 21.7 Å². The van der Waals surface area contributed by atoms with E-state index in [0.717, 1.165) is 0 Å². The van der Waals surface area contributed by atoms with Gasteiger partial charge in [-0.2, -0.15) is 10.4 Å². The molecule has 0 saturated carbocycles. The number of amides is 1. The smallest absolute Gasteiger partial charge is 0.271 e. The molecule has 0 aliphatic rings. The van der Waals surface area contributed by atoms with Crippen LogP contribution in [0.5, 0.6) is 0 Å². The number of rotatable bonds is 5. The third-order valence-corrected chi connectivity index (χ3v) is 3.64. The van der Waals surface area contributed by atoms with Gasteiger partial charge in [0.15, 0.2) is 0 Å². The van der Waals surface area contributed by atoms with Gasteiger partial charge in [0.2, 0.25) is 0 Å². The van der Waals surface area contributed by atoms with Crippen LogP contribution >= 0.6 is 0 Å². The van der Waals surface area contributed by atoms with E-state index in [9.17, 15) is 14.9 Å². The molecule has 1 amide bonds. The number of nitrogens with zero attached hydrogens (tertiary/aromatic N) is 3. The van der Waals surface area contributed by atoms with E-state index in [-0.39, 0.29) is 11.3 Å². The molecule has 0 unspecified atom stereocenters. The molecule has 8 heteroatoms. The lowest BCUT2D eigenvalue weighted by Crippen LogP contribution is -2.17. The van der Waals surface area contributed by atoms with Crippen LogP contribution < -0.4 is 5.43 Å². The minimum Gasteiger partial charge on any atom is -0.455 e. The monoisotopic (exact) mass is 360 g/mol. The van der Waals surface area contributed by atoms with Crippen molar-refractivity contribution in [2.45, 2.75) is 0 Å². The number of carbonyl (C=O) groups excluding carboxylic acids is 1. The van der Waals surface area contributed by atoms with E-state index < -0.39 is 10.8 Å². The molecule has 1 N–H and O–H groups in total. The molecule has 0 atom stereocenters. The van der Waals surface area contributed by atoms with Crippen molar-refractivity contribution in [2.75, 3.05) is 0 Å². The molecular formula is C19H12N4O4. The number of nitrogens with one attached hydrogen (secondary N) is 1. The van der Waals surface area contributed by atoms with Crippen LogP contribution in [0, 0.1) is 21.4 Å². The number of hydrazone groups is 1. The highest BCUT2D eigenvalue weighted by atomic mass is 16.6. The van der Waals surface area contributed by atoms with Crippen LogP contribution in [0.2, 0.25) is 0 Å². The first-order valence-electron chi connectivity index (χ1n) is 7.75. The Balaban J connectivity index is 1.67. The molecule has 2 aromatic carbocycles. The van der Waals surface area contributed by atoms with Gasteiger partial charge >= 0.3 is 0 Å². The SMILES string of the molecule is N#Cc1ccccc1-c1ccc(/C=N\NC(=O)c2ccc([N+](=O)[O-])cc2)o1. The Hall–Kier alpha value is -4.25. The zero-order valence-electron chi connectivity index (χ0n) is 13.8. The van der Waals surface area contributed by atoms with Crippen molar-refractivity contribution in [2.24, 2.45) is 5.10 Å². The Kier molecular flexibility index (Phi) is 5.05. The zero-order chi connectivity index (χ0) is 19.2. The predicted molar refractivity (Wildman–Crippen MR) is 97.0 cm³/mol. The Bertz CT molecular complexity index is 1060. The average molecular weight is 360 g/mol. The van der Waals surface area contributed by atoms with Gasteiger partial charge in [-0.15, -0.1) is 0 Å². The summed E-state index contributed by atoms with van der Waals surface area (Å²) < 4.78 is 5.62. The summed E-state index contributed by atoms with van der Waals surface area (Å²) in [6.07, 6.45) is 1.32. The highest BCUT2D eigenvalue weighted by Gasteiger charge is 2.10. The molecule has 0 aliphatic heterocycles. The topological polar surface area (TPSA) is 122 Å². The van der Waals surface area contributed by atoms with Crippen molar-refractivity contribution >= 4 is 17.8 Å². The fourth-order valence-corrected chi connectivity index (χ4v) is 2.32. The maximum absolute atomic E-state index is 12.0. The first kappa shape index (κ1) is 17.6. The van der Waals surface area contributed by atoms with Crippen molar-refractivity contribution in [3.05, 3.63) is 87.7 Å². The van der Waals surface area contributed by atoms with Crippen LogP contribution in [0.3, 0.4) is 0 Å². The van der Waals surface area contributed by atoms with Crippen molar-refractivity contribution in [1.82, 2.24) is 5.43 Å². The molecule has 0 bridgehead atoms. The minimum absolute atomic E-state index is 0.101.